The Balaban J connectivity index is 1.83. The highest BCUT2D eigenvalue weighted by Crippen LogP contribution is 2.14. The van der Waals surface area contributed by atoms with Gasteiger partial charge in [0, 0.05) is 19.1 Å². The van der Waals surface area contributed by atoms with E-state index in [1.54, 1.807) is 0 Å². The smallest absolute Gasteiger partial charge is 0.217 e. The molecule has 0 aromatic heterocycles. The molecule has 0 radical (unpaired) electrons. The van der Waals surface area contributed by atoms with Crippen LogP contribution in [-0.2, 0) is 10.0 Å². The molecule has 1 heterocycles. The van der Waals surface area contributed by atoms with E-state index < -0.39 is 10.0 Å². The molecular formula is C13H20N2O3S. The van der Waals surface area contributed by atoms with Crippen molar-refractivity contribution in [1.82, 2.24) is 4.31 Å². The number of benzene rings is 1. The Labute approximate surface area is 114 Å². The zero-order valence-electron chi connectivity index (χ0n) is 11.1. The second-order valence-corrected chi connectivity index (χ2v) is 6.97. The SMILES string of the molecule is Cc1ccc(OCCS(=O)(=O)N2CC[C@@H](N)C2)cc1. The van der Waals surface area contributed by atoms with E-state index in [1.165, 1.54) is 4.31 Å². The van der Waals surface area contributed by atoms with Crippen LogP contribution in [0.5, 0.6) is 5.75 Å². The van der Waals surface area contributed by atoms with Crippen molar-refractivity contribution < 1.29 is 13.2 Å². The van der Waals surface area contributed by atoms with Crippen LogP contribution in [0, 0.1) is 6.92 Å². The van der Waals surface area contributed by atoms with Gasteiger partial charge in [0.25, 0.3) is 0 Å². The second-order valence-electron chi connectivity index (χ2n) is 4.88. The van der Waals surface area contributed by atoms with Crippen LogP contribution in [0.15, 0.2) is 24.3 Å². The van der Waals surface area contributed by atoms with Crippen molar-refractivity contribution in [1.29, 1.82) is 0 Å². The van der Waals surface area contributed by atoms with Gasteiger partial charge in [0.05, 0.1) is 5.75 Å². The van der Waals surface area contributed by atoms with Gasteiger partial charge < -0.3 is 10.5 Å². The van der Waals surface area contributed by atoms with Crippen molar-refractivity contribution in [3.05, 3.63) is 29.8 Å². The van der Waals surface area contributed by atoms with Crippen LogP contribution in [-0.4, -0.2) is 44.2 Å². The lowest BCUT2D eigenvalue weighted by Crippen LogP contribution is -2.35. The fourth-order valence-corrected chi connectivity index (χ4v) is 3.39. The lowest BCUT2D eigenvalue weighted by molar-refractivity contribution is 0.336. The molecule has 0 aliphatic carbocycles. The molecule has 1 saturated heterocycles. The highest BCUT2D eigenvalue weighted by Gasteiger charge is 2.29. The second kappa shape index (κ2) is 5.90. The minimum atomic E-state index is -3.24. The number of rotatable bonds is 5. The minimum absolute atomic E-state index is 0.00635. The Morgan fingerprint density at radius 1 is 1.37 bits per heavy atom. The first-order valence-electron chi connectivity index (χ1n) is 6.40. The standard InChI is InChI=1S/C13H20N2O3S/c1-11-2-4-13(5-3-11)18-8-9-19(16,17)15-7-6-12(14)10-15/h2-5,12H,6-10,14H2,1H3/t12-/m1/s1. The van der Waals surface area contributed by atoms with Crippen LogP contribution in [0.3, 0.4) is 0 Å². The quantitative estimate of drug-likeness (QED) is 0.865. The Bertz CT molecular complexity index is 513. The maximum atomic E-state index is 12.0. The molecule has 6 heteroatoms. The third-order valence-corrected chi connectivity index (χ3v) is 5.01. The van der Waals surface area contributed by atoms with Gasteiger partial charge in [-0.2, -0.15) is 0 Å². The molecule has 2 N–H and O–H groups in total. The molecule has 1 aromatic carbocycles. The lowest BCUT2D eigenvalue weighted by Gasteiger charge is -2.16. The average Bonchev–Trinajstić information content (AvgIpc) is 2.79. The summed E-state index contributed by atoms with van der Waals surface area (Å²) in [5, 5.41) is 0. The summed E-state index contributed by atoms with van der Waals surface area (Å²) in [7, 11) is -3.24. The highest BCUT2D eigenvalue weighted by molar-refractivity contribution is 7.89. The summed E-state index contributed by atoms with van der Waals surface area (Å²) in [4.78, 5) is 0. The van der Waals surface area contributed by atoms with Crippen LogP contribution in [0.2, 0.25) is 0 Å². The molecule has 1 fully saturated rings. The molecule has 1 aromatic rings. The minimum Gasteiger partial charge on any atom is -0.492 e. The lowest BCUT2D eigenvalue weighted by atomic mass is 10.2. The molecule has 0 saturated carbocycles. The molecule has 5 nitrogen and oxygen atoms in total. The number of hydrogen-bond acceptors (Lipinski definition) is 4. The third kappa shape index (κ3) is 3.92. The largest absolute Gasteiger partial charge is 0.492 e. The number of ether oxygens (including phenoxy) is 1. The fourth-order valence-electron chi connectivity index (χ4n) is 2.04. The van der Waals surface area contributed by atoms with Crippen LogP contribution in [0.25, 0.3) is 0 Å². The number of hydrogen-bond donors (Lipinski definition) is 1. The van der Waals surface area contributed by atoms with E-state index >= 15 is 0 Å². The van der Waals surface area contributed by atoms with Gasteiger partial charge in [-0.1, -0.05) is 17.7 Å². The number of sulfonamides is 1. The van der Waals surface area contributed by atoms with Crippen molar-refractivity contribution in [2.45, 2.75) is 19.4 Å². The molecule has 0 bridgehead atoms. The van der Waals surface area contributed by atoms with Gasteiger partial charge in [0.15, 0.2) is 0 Å². The Morgan fingerprint density at radius 3 is 2.63 bits per heavy atom. The van der Waals surface area contributed by atoms with Gasteiger partial charge >= 0.3 is 0 Å². The highest BCUT2D eigenvalue weighted by atomic mass is 32.2. The first-order valence-corrected chi connectivity index (χ1v) is 8.01. The van der Waals surface area contributed by atoms with Gasteiger partial charge in [-0.25, -0.2) is 12.7 Å². The van der Waals surface area contributed by atoms with E-state index in [1.807, 2.05) is 31.2 Å². The van der Waals surface area contributed by atoms with Crippen LogP contribution >= 0.6 is 0 Å². The Hall–Kier alpha value is -1.11. The van der Waals surface area contributed by atoms with E-state index in [-0.39, 0.29) is 18.4 Å². The first-order chi connectivity index (χ1) is 8.97. The molecule has 0 amide bonds. The number of nitrogens with two attached hydrogens (primary N) is 1. The number of nitrogens with zero attached hydrogens (tertiary/aromatic N) is 1. The van der Waals surface area contributed by atoms with Crippen LogP contribution < -0.4 is 10.5 Å². The van der Waals surface area contributed by atoms with Gasteiger partial charge in [-0.3, -0.25) is 0 Å². The predicted octanol–water partition coefficient (Wildman–Crippen LogP) is 0.737. The molecule has 106 valence electrons. The Morgan fingerprint density at radius 2 is 2.05 bits per heavy atom. The molecular weight excluding hydrogens is 264 g/mol. The fraction of sp³-hybridized carbons (Fsp3) is 0.538. The zero-order valence-corrected chi connectivity index (χ0v) is 11.9. The summed E-state index contributed by atoms with van der Waals surface area (Å²) in [6.07, 6.45) is 0.734. The van der Waals surface area contributed by atoms with E-state index in [2.05, 4.69) is 0 Å². The molecule has 1 aliphatic heterocycles. The summed E-state index contributed by atoms with van der Waals surface area (Å²) < 4.78 is 30.9. The summed E-state index contributed by atoms with van der Waals surface area (Å²) in [6.45, 7) is 3.10. The maximum Gasteiger partial charge on any atom is 0.217 e. The number of aryl methyl sites for hydroxylation is 1. The molecule has 0 unspecified atom stereocenters. The average molecular weight is 284 g/mol. The van der Waals surface area contributed by atoms with Crippen molar-refractivity contribution in [2.24, 2.45) is 5.73 Å². The van der Waals surface area contributed by atoms with E-state index in [0.29, 0.717) is 18.8 Å². The monoisotopic (exact) mass is 284 g/mol. The topological polar surface area (TPSA) is 72.6 Å². The normalized spacial score (nSPS) is 20.6. The predicted molar refractivity (Wildman–Crippen MR) is 74.6 cm³/mol. The van der Waals surface area contributed by atoms with Gasteiger partial charge in [-0.15, -0.1) is 0 Å². The van der Waals surface area contributed by atoms with E-state index in [0.717, 1.165) is 12.0 Å². The zero-order chi connectivity index (χ0) is 13.9. The summed E-state index contributed by atoms with van der Waals surface area (Å²) in [5.74, 6) is 0.687. The van der Waals surface area contributed by atoms with Crippen molar-refractivity contribution in [3.8, 4) is 5.75 Å². The van der Waals surface area contributed by atoms with Crippen molar-refractivity contribution >= 4 is 10.0 Å². The molecule has 2 rings (SSSR count). The van der Waals surface area contributed by atoms with E-state index in [4.69, 9.17) is 10.5 Å². The molecule has 19 heavy (non-hydrogen) atoms. The summed E-state index contributed by atoms with van der Waals surface area (Å²) in [6, 6.07) is 7.52. The van der Waals surface area contributed by atoms with E-state index in [9.17, 15) is 8.42 Å². The first kappa shape index (κ1) is 14.3. The van der Waals surface area contributed by atoms with Gasteiger partial charge in [0.1, 0.15) is 12.4 Å². The molecule has 0 spiro atoms. The van der Waals surface area contributed by atoms with Gasteiger partial charge in [-0.05, 0) is 25.5 Å². The van der Waals surface area contributed by atoms with Gasteiger partial charge in [0.2, 0.25) is 10.0 Å². The molecule has 1 atom stereocenters. The van der Waals surface area contributed by atoms with Crippen LogP contribution in [0.4, 0.5) is 0 Å². The van der Waals surface area contributed by atoms with Crippen molar-refractivity contribution in [2.75, 3.05) is 25.4 Å². The maximum absolute atomic E-state index is 12.0. The summed E-state index contributed by atoms with van der Waals surface area (Å²) in [5.41, 5.74) is 6.86. The third-order valence-electron chi connectivity index (χ3n) is 3.21. The molecule has 1 aliphatic rings. The summed E-state index contributed by atoms with van der Waals surface area (Å²) >= 11 is 0. The van der Waals surface area contributed by atoms with Crippen LogP contribution in [0.1, 0.15) is 12.0 Å². The Kier molecular flexibility index (Phi) is 4.44. The van der Waals surface area contributed by atoms with Crippen molar-refractivity contribution in [3.63, 3.8) is 0 Å².